The van der Waals surface area contributed by atoms with Crippen molar-refractivity contribution in [2.24, 2.45) is 5.92 Å². The monoisotopic (exact) mass is 361 g/mol. The maximum atomic E-state index is 12.7. The second-order valence-electron chi connectivity index (χ2n) is 7.49. The van der Waals surface area contributed by atoms with E-state index in [-0.39, 0.29) is 18.1 Å². The molecule has 0 bridgehead atoms. The van der Waals surface area contributed by atoms with E-state index in [0.717, 1.165) is 37.0 Å². The third-order valence-electron chi connectivity index (χ3n) is 5.39. The zero-order valence-electron chi connectivity index (χ0n) is 14.6. The molecule has 2 fully saturated rings. The minimum absolute atomic E-state index is 0.132. The molecule has 25 heavy (non-hydrogen) atoms. The summed E-state index contributed by atoms with van der Waals surface area (Å²) in [7, 11) is 0. The summed E-state index contributed by atoms with van der Waals surface area (Å²) >= 11 is 6.39. The smallest absolute Gasteiger partial charge is 0.269 e. The summed E-state index contributed by atoms with van der Waals surface area (Å²) in [6, 6.07) is 8.23. The number of carbonyl (C=O) groups is 1. The van der Waals surface area contributed by atoms with Crippen LogP contribution in [0.5, 0.6) is 0 Å². The molecule has 2 aliphatic rings. The number of nitrogens with zero attached hydrogens (tertiary/aromatic N) is 1. The van der Waals surface area contributed by atoms with E-state index >= 15 is 0 Å². The molecule has 0 radical (unpaired) electrons. The second kappa shape index (κ2) is 6.63. The van der Waals surface area contributed by atoms with Crippen LogP contribution in [0.3, 0.4) is 0 Å². The first-order valence-electron chi connectivity index (χ1n) is 8.95. The molecular formula is C19H24ClN3O2. The molecule has 4 rings (SSSR count). The predicted octanol–water partition coefficient (Wildman–Crippen LogP) is 3.05. The third-order valence-corrected chi connectivity index (χ3v) is 5.79. The van der Waals surface area contributed by atoms with Gasteiger partial charge in [-0.05, 0) is 18.4 Å². The van der Waals surface area contributed by atoms with Gasteiger partial charge in [0.05, 0.1) is 17.7 Å². The number of benzene rings is 1. The Morgan fingerprint density at radius 3 is 2.92 bits per heavy atom. The number of para-hydroxylation sites is 1. The normalized spacial score (nSPS) is 27.0. The zero-order chi connectivity index (χ0) is 17.6. The van der Waals surface area contributed by atoms with Crippen molar-refractivity contribution in [3.63, 3.8) is 0 Å². The van der Waals surface area contributed by atoms with Gasteiger partial charge in [0, 0.05) is 36.1 Å². The topological polar surface area (TPSA) is 57.4 Å². The number of amides is 1. The van der Waals surface area contributed by atoms with E-state index in [9.17, 15) is 4.79 Å². The van der Waals surface area contributed by atoms with Gasteiger partial charge in [0.15, 0.2) is 0 Å². The van der Waals surface area contributed by atoms with Crippen molar-refractivity contribution in [2.75, 3.05) is 19.7 Å². The van der Waals surface area contributed by atoms with E-state index < -0.39 is 0 Å². The third kappa shape index (κ3) is 3.16. The van der Waals surface area contributed by atoms with E-state index in [4.69, 9.17) is 16.3 Å². The highest BCUT2D eigenvalue weighted by molar-refractivity contribution is 6.38. The van der Waals surface area contributed by atoms with Gasteiger partial charge in [0.2, 0.25) is 0 Å². The molecule has 2 saturated heterocycles. The standard InChI is InChI=1S/C19H24ClN3O2/c1-11(2)16-9-23-8-12(7-13(23)10-25-16)21-19(24)18-17(20)14-5-3-4-6-15(14)22-18/h3-6,11-13,16,22H,7-10H2,1-2H3,(H,21,24)/t12-,13+,16+/m1/s1. The first-order chi connectivity index (χ1) is 12.0. The van der Waals surface area contributed by atoms with Gasteiger partial charge in [-0.15, -0.1) is 0 Å². The molecule has 1 aromatic carbocycles. The largest absolute Gasteiger partial charge is 0.375 e. The van der Waals surface area contributed by atoms with E-state index in [1.165, 1.54) is 0 Å². The number of halogens is 1. The highest BCUT2D eigenvalue weighted by Crippen LogP contribution is 2.29. The average Bonchev–Trinajstić information content (AvgIpc) is 3.15. The molecule has 0 saturated carbocycles. The Bertz CT molecular complexity index is 788. The van der Waals surface area contributed by atoms with Crippen molar-refractivity contribution in [3.8, 4) is 0 Å². The Morgan fingerprint density at radius 2 is 2.16 bits per heavy atom. The molecule has 5 nitrogen and oxygen atoms in total. The van der Waals surface area contributed by atoms with E-state index in [2.05, 4.69) is 29.0 Å². The first kappa shape index (κ1) is 16.9. The highest BCUT2D eigenvalue weighted by atomic mass is 35.5. The Kier molecular flexibility index (Phi) is 4.48. The van der Waals surface area contributed by atoms with Gasteiger partial charge in [-0.2, -0.15) is 0 Å². The number of hydrogen-bond donors (Lipinski definition) is 2. The number of ether oxygens (including phenoxy) is 1. The number of morpholine rings is 1. The summed E-state index contributed by atoms with van der Waals surface area (Å²) in [6.45, 7) is 6.96. The van der Waals surface area contributed by atoms with Crippen molar-refractivity contribution in [1.29, 1.82) is 0 Å². The van der Waals surface area contributed by atoms with Crippen molar-refractivity contribution in [2.45, 2.75) is 38.5 Å². The van der Waals surface area contributed by atoms with Crippen LogP contribution in [0.4, 0.5) is 0 Å². The highest BCUT2D eigenvalue weighted by Gasteiger charge is 2.38. The number of nitrogens with one attached hydrogen (secondary N) is 2. The molecule has 3 heterocycles. The van der Waals surface area contributed by atoms with Crippen LogP contribution in [0.1, 0.15) is 30.8 Å². The summed E-state index contributed by atoms with van der Waals surface area (Å²) in [5, 5.41) is 4.52. The summed E-state index contributed by atoms with van der Waals surface area (Å²) in [5.41, 5.74) is 1.33. The molecule has 2 aliphatic heterocycles. The predicted molar refractivity (Wildman–Crippen MR) is 99.1 cm³/mol. The molecular weight excluding hydrogens is 338 g/mol. The van der Waals surface area contributed by atoms with E-state index in [0.29, 0.717) is 22.7 Å². The number of H-pyrrole nitrogens is 1. The van der Waals surface area contributed by atoms with Gasteiger partial charge in [0.25, 0.3) is 5.91 Å². The lowest BCUT2D eigenvalue weighted by molar-refractivity contribution is -0.0683. The quantitative estimate of drug-likeness (QED) is 0.883. The molecule has 3 atom stereocenters. The van der Waals surface area contributed by atoms with Crippen LogP contribution in [0.25, 0.3) is 10.9 Å². The molecule has 0 aliphatic carbocycles. The first-order valence-corrected chi connectivity index (χ1v) is 9.33. The molecule has 134 valence electrons. The summed E-state index contributed by atoms with van der Waals surface area (Å²) < 4.78 is 5.97. The fourth-order valence-corrected chi connectivity index (χ4v) is 4.23. The second-order valence-corrected chi connectivity index (χ2v) is 7.87. The zero-order valence-corrected chi connectivity index (χ0v) is 15.3. The number of aromatic nitrogens is 1. The summed E-state index contributed by atoms with van der Waals surface area (Å²) in [5.74, 6) is 0.382. The Morgan fingerprint density at radius 1 is 1.36 bits per heavy atom. The van der Waals surface area contributed by atoms with Crippen LogP contribution in [-0.2, 0) is 4.74 Å². The van der Waals surface area contributed by atoms with Crippen molar-refractivity contribution < 1.29 is 9.53 Å². The van der Waals surface area contributed by atoms with Crippen molar-refractivity contribution >= 4 is 28.4 Å². The molecule has 2 N–H and O–H groups in total. The Hall–Kier alpha value is -1.56. The van der Waals surface area contributed by atoms with Gasteiger partial charge in [0.1, 0.15) is 5.69 Å². The van der Waals surface area contributed by atoms with Crippen LogP contribution >= 0.6 is 11.6 Å². The lowest BCUT2D eigenvalue weighted by atomic mass is 10.0. The number of hydrogen-bond acceptors (Lipinski definition) is 3. The SMILES string of the molecule is CC(C)[C@@H]1CN2C[C@H](NC(=O)c3[nH]c4ccccc4c3Cl)C[C@H]2CO1. The van der Waals surface area contributed by atoms with Gasteiger partial charge in [-0.3, -0.25) is 9.69 Å². The van der Waals surface area contributed by atoms with Gasteiger partial charge >= 0.3 is 0 Å². The Balaban J connectivity index is 1.44. The summed E-state index contributed by atoms with van der Waals surface area (Å²) in [6.07, 6.45) is 1.21. The molecule has 6 heteroatoms. The van der Waals surface area contributed by atoms with Gasteiger partial charge in [-0.25, -0.2) is 0 Å². The van der Waals surface area contributed by atoms with Gasteiger partial charge < -0.3 is 15.0 Å². The van der Waals surface area contributed by atoms with E-state index in [1.807, 2.05) is 24.3 Å². The van der Waals surface area contributed by atoms with Crippen LogP contribution in [0.2, 0.25) is 5.02 Å². The number of aromatic amines is 1. The lowest BCUT2D eigenvalue weighted by Crippen LogP contribution is -2.48. The Labute approximate surface area is 152 Å². The van der Waals surface area contributed by atoms with Crippen LogP contribution in [0.15, 0.2) is 24.3 Å². The van der Waals surface area contributed by atoms with Crippen molar-refractivity contribution in [3.05, 3.63) is 35.0 Å². The molecule has 1 amide bonds. The molecule has 2 aromatic rings. The molecule has 0 spiro atoms. The number of carbonyl (C=O) groups excluding carboxylic acids is 1. The van der Waals surface area contributed by atoms with Crippen LogP contribution in [0, 0.1) is 5.92 Å². The molecule has 1 aromatic heterocycles. The fraction of sp³-hybridized carbons (Fsp3) is 0.526. The maximum absolute atomic E-state index is 12.7. The van der Waals surface area contributed by atoms with Crippen molar-refractivity contribution in [1.82, 2.24) is 15.2 Å². The van der Waals surface area contributed by atoms with Gasteiger partial charge in [-0.1, -0.05) is 43.6 Å². The lowest BCUT2D eigenvalue weighted by Gasteiger charge is -2.36. The molecule has 0 unspecified atom stereocenters. The minimum Gasteiger partial charge on any atom is -0.375 e. The number of fused-ring (bicyclic) bond motifs is 2. The van der Waals surface area contributed by atoms with Crippen LogP contribution in [-0.4, -0.2) is 53.7 Å². The summed E-state index contributed by atoms with van der Waals surface area (Å²) in [4.78, 5) is 18.3. The minimum atomic E-state index is -0.132. The average molecular weight is 362 g/mol. The van der Waals surface area contributed by atoms with E-state index in [1.54, 1.807) is 0 Å². The van der Waals surface area contributed by atoms with Crippen LogP contribution < -0.4 is 5.32 Å². The maximum Gasteiger partial charge on any atom is 0.269 e. The number of rotatable bonds is 3. The fourth-order valence-electron chi connectivity index (χ4n) is 3.93.